The SMILES string of the molecule is Cc1ccc(C(=O)O)cc1N1C(=O)/C(=C/c2ccc(C=O)cc2)SC1=S. The van der Waals surface area contributed by atoms with Gasteiger partial charge in [0.2, 0.25) is 0 Å². The molecule has 0 aliphatic carbocycles. The van der Waals surface area contributed by atoms with Crippen LogP contribution in [-0.2, 0) is 4.79 Å². The van der Waals surface area contributed by atoms with Crippen molar-refractivity contribution in [1.29, 1.82) is 0 Å². The van der Waals surface area contributed by atoms with Gasteiger partial charge in [-0.3, -0.25) is 14.5 Å². The van der Waals surface area contributed by atoms with Crippen molar-refractivity contribution in [2.45, 2.75) is 6.92 Å². The molecule has 1 amide bonds. The zero-order chi connectivity index (χ0) is 18.8. The molecule has 1 N–H and O–H groups in total. The molecule has 0 atom stereocenters. The van der Waals surface area contributed by atoms with Crippen molar-refractivity contribution in [3.8, 4) is 0 Å². The molecule has 1 fully saturated rings. The third-order valence-electron chi connectivity index (χ3n) is 3.86. The molecule has 1 saturated heterocycles. The minimum Gasteiger partial charge on any atom is -0.478 e. The zero-order valence-electron chi connectivity index (χ0n) is 13.6. The van der Waals surface area contributed by atoms with E-state index in [1.165, 1.54) is 17.0 Å². The molecule has 7 heteroatoms. The molecule has 5 nitrogen and oxygen atoms in total. The van der Waals surface area contributed by atoms with Crippen LogP contribution in [0.4, 0.5) is 5.69 Å². The lowest BCUT2D eigenvalue weighted by Gasteiger charge is -2.17. The van der Waals surface area contributed by atoms with Gasteiger partial charge in [-0.05, 0) is 36.3 Å². The van der Waals surface area contributed by atoms with Crippen molar-refractivity contribution < 1.29 is 19.5 Å². The molecule has 0 aromatic heterocycles. The van der Waals surface area contributed by atoms with Gasteiger partial charge in [-0.2, -0.15) is 0 Å². The summed E-state index contributed by atoms with van der Waals surface area (Å²) >= 11 is 6.49. The largest absolute Gasteiger partial charge is 0.478 e. The quantitative estimate of drug-likeness (QED) is 0.490. The number of rotatable bonds is 4. The molecule has 130 valence electrons. The Morgan fingerprint density at radius 3 is 2.42 bits per heavy atom. The van der Waals surface area contributed by atoms with E-state index < -0.39 is 5.97 Å². The average Bonchev–Trinajstić information content (AvgIpc) is 2.89. The maximum Gasteiger partial charge on any atom is 0.335 e. The number of thioether (sulfide) groups is 1. The first kappa shape index (κ1) is 18.0. The molecule has 2 aromatic carbocycles. The van der Waals surface area contributed by atoms with Crippen LogP contribution >= 0.6 is 24.0 Å². The number of benzene rings is 2. The van der Waals surface area contributed by atoms with Crippen LogP contribution in [0.3, 0.4) is 0 Å². The summed E-state index contributed by atoms with van der Waals surface area (Å²) in [6.45, 7) is 1.79. The molecule has 0 radical (unpaired) electrons. The number of anilines is 1. The number of hydrogen-bond acceptors (Lipinski definition) is 5. The second kappa shape index (κ2) is 7.23. The van der Waals surface area contributed by atoms with E-state index in [1.807, 2.05) is 0 Å². The van der Waals surface area contributed by atoms with Gasteiger partial charge in [0, 0.05) is 5.56 Å². The number of aryl methyl sites for hydroxylation is 1. The van der Waals surface area contributed by atoms with Crippen molar-refractivity contribution in [2.75, 3.05) is 4.90 Å². The molecule has 1 heterocycles. The van der Waals surface area contributed by atoms with Gasteiger partial charge in [-0.15, -0.1) is 0 Å². The van der Waals surface area contributed by atoms with E-state index in [-0.39, 0.29) is 11.5 Å². The zero-order valence-corrected chi connectivity index (χ0v) is 15.3. The third kappa shape index (κ3) is 3.44. The lowest BCUT2D eigenvalue weighted by molar-refractivity contribution is -0.113. The lowest BCUT2D eigenvalue weighted by Crippen LogP contribution is -2.28. The lowest BCUT2D eigenvalue weighted by atomic mass is 10.1. The van der Waals surface area contributed by atoms with Gasteiger partial charge in [-0.1, -0.05) is 54.3 Å². The molecule has 0 bridgehead atoms. The van der Waals surface area contributed by atoms with Gasteiger partial charge in [0.25, 0.3) is 5.91 Å². The summed E-state index contributed by atoms with van der Waals surface area (Å²) in [6.07, 6.45) is 2.45. The first-order valence-electron chi connectivity index (χ1n) is 7.58. The number of carboxylic acid groups (broad SMARTS) is 1. The highest BCUT2D eigenvalue weighted by Gasteiger charge is 2.34. The average molecular weight is 383 g/mol. The van der Waals surface area contributed by atoms with E-state index in [2.05, 4.69) is 0 Å². The fraction of sp³-hybridized carbons (Fsp3) is 0.0526. The molecular weight excluding hydrogens is 370 g/mol. The van der Waals surface area contributed by atoms with Crippen LogP contribution in [0.15, 0.2) is 47.4 Å². The van der Waals surface area contributed by atoms with Gasteiger partial charge in [0.1, 0.15) is 6.29 Å². The fourth-order valence-corrected chi connectivity index (χ4v) is 3.77. The number of aldehydes is 1. The molecule has 0 saturated carbocycles. The summed E-state index contributed by atoms with van der Waals surface area (Å²) in [6, 6.07) is 11.4. The molecule has 3 rings (SSSR count). The van der Waals surface area contributed by atoms with E-state index in [0.29, 0.717) is 20.5 Å². The molecule has 0 unspecified atom stereocenters. The van der Waals surface area contributed by atoms with E-state index in [4.69, 9.17) is 12.2 Å². The Labute approximate surface area is 159 Å². The van der Waals surface area contributed by atoms with Crippen LogP contribution in [0.25, 0.3) is 6.08 Å². The summed E-state index contributed by atoms with van der Waals surface area (Å²) in [4.78, 5) is 36.6. The summed E-state index contributed by atoms with van der Waals surface area (Å²) < 4.78 is 0.344. The standard InChI is InChI=1S/C19H13NO4S2/c1-11-2-7-14(18(23)24)9-15(11)20-17(22)16(26-19(20)25)8-12-3-5-13(10-21)6-4-12/h2-10H,1H3,(H,23,24)/b16-8-. The third-order valence-corrected chi connectivity index (χ3v) is 5.16. The Hall–Kier alpha value is -2.77. The normalized spacial score (nSPS) is 15.6. The molecular formula is C19H13NO4S2. The number of hydrogen-bond donors (Lipinski definition) is 1. The van der Waals surface area contributed by atoms with Gasteiger partial charge >= 0.3 is 5.97 Å². The van der Waals surface area contributed by atoms with Gasteiger partial charge in [-0.25, -0.2) is 4.79 Å². The van der Waals surface area contributed by atoms with E-state index in [1.54, 1.807) is 43.3 Å². The Morgan fingerprint density at radius 2 is 1.81 bits per heavy atom. The molecule has 0 spiro atoms. The van der Waals surface area contributed by atoms with Crippen molar-refractivity contribution in [3.05, 3.63) is 69.6 Å². The maximum absolute atomic E-state index is 12.8. The van der Waals surface area contributed by atoms with Crippen LogP contribution in [0, 0.1) is 6.92 Å². The number of amides is 1. The van der Waals surface area contributed by atoms with Gasteiger partial charge < -0.3 is 5.11 Å². The highest BCUT2D eigenvalue weighted by molar-refractivity contribution is 8.27. The number of carbonyl (C=O) groups excluding carboxylic acids is 2. The smallest absolute Gasteiger partial charge is 0.335 e. The second-order valence-electron chi connectivity index (χ2n) is 5.61. The minimum atomic E-state index is -1.07. The summed E-state index contributed by atoms with van der Waals surface area (Å²) in [5.41, 5.74) is 2.63. The molecule has 2 aromatic rings. The number of carboxylic acids is 1. The van der Waals surface area contributed by atoms with Crippen LogP contribution in [0.1, 0.15) is 31.8 Å². The fourth-order valence-electron chi connectivity index (χ4n) is 2.48. The molecule has 1 aliphatic rings. The Kier molecular flexibility index (Phi) is 5.01. The van der Waals surface area contributed by atoms with Gasteiger partial charge in [0.05, 0.1) is 16.2 Å². The van der Waals surface area contributed by atoms with Crippen LogP contribution in [-0.4, -0.2) is 27.6 Å². The predicted molar refractivity (Wildman–Crippen MR) is 106 cm³/mol. The van der Waals surface area contributed by atoms with Crippen LogP contribution in [0.5, 0.6) is 0 Å². The van der Waals surface area contributed by atoms with Crippen molar-refractivity contribution in [1.82, 2.24) is 0 Å². The first-order chi connectivity index (χ1) is 12.4. The number of thiocarbonyl (C=S) groups is 1. The number of aromatic carboxylic acids is 1. The van der Waals surface area contributed by atoms with Gasteiger partial charge in [0.15, 0.2) is 4.32 Å². The summed E-state index contributed by atoms with van der Waals surface area (Å²) in [5.74, 6) is -1.37. The minimum absolute atomic E-state index is 0.0908. The Balaban J connectivity index is 1.96. The van der Waals surface area contributed by atoms with Crippen molar-refractivity contribution in [3.63, 3.8) is 0 Å². The van der Waals surface area contributed by atoms with Crippen molar-refractivity contribution in [2.24, 2.45) is 0 Å². The monoisotopic (exact) mass is 383 g/mol. The van der Waals surface area contributed by atoms with Crippen LogP contribution < -0.4 is 4.90 Å². The molecule has 26 heavy (non-hydrogen) atoms. The van der Waals surface area contributed by atoms with Crippen molar-refractivity contribution >= 4 is 58.2 Å². The first-order valence-corrected chi connectivity index (χ1v) is 8.80. The van der Waals surface area contributed by atoms with E-state index >= 15 is 0 Å². The van der Waals surface area contributed by atoms with Crippen LogP contribution in [0.2, 0.25) is 0 Å². The number of carbonyl (C=O) groups is 3. The predicted octanol–water partition coefficient (Wildman–Crippen LogP) is 3.91. The maximum atomic E-state index is 12.8. The Bertz CT molecular complexity index is 964. The summed E-state index contributed by atoms with van der Waals surface area (Å²) in [7, 11) is 0. The number of nitrogens with zero attached hydrogens (tertiary/aromatic N) is 1. The highest BCUT2D eigenvalue weighted by Crippen LogP contribution is 2.37. The topological polar surface area (TPSA) is 74.7 Å². The van der Waals surface area contributed by atoms with E-state index in [9.17, 15) is 19.5 Å². The summed E-state index contributed by atoms with van der Waals surface area (Å²) in [5, 5.41) is 9.19. The highest BCUT2D eigenvalue weighted by atomic mass is 32.2. The Morgan fingerprint density at radius 1 is 1.15 bits per heavy atom. The van der Waals surface area contributed by atoms with E-state index in [0.717, 1.165) is 29.2 Å². The second-order valence-corrected chi connectivity index (χ2v) is 7.28. The molecule has 1 aliphatic heterocycles.